The number of carbonyl (C=O) groups is 4. The van der Waals surface area contributed by atoms with Gasteiger partial charge in [0.25, 0.3) is 0 Å². The largest absolute Gasteiger partial charge is 0.480 e. The molecule has 11 heteroatoms. The maximum absolute atomic E-state index is 12.4. The van der Waals surface area contributed by atoms with Crippen LogP contribution in [0.5, 0.6) is 0 Å². The number of carbonyl (C=O) groups excluding carboxylic acids is 2. The van der Waals surface area contributed by atoms with E-state index in [4.69, 9.17) is 20.3 Å². The molecular formula is C18H33N3O8. The lowest BCUT2D eigenvalue weighted by atomic mass is 10.1. The lowest BCUT2D eigenvalue weighted by molar-refractivity contribution is -0.164. The number of hydrogen-bond donors (Lipinski definition) is 5. The molecule has 0 saturated carbocycles. The van der Waals surface area contributed by atoms with Crippen molar-refractivity contribution in [3.8, 4) is 0 Å². The summed E-state index contributed by atoms with van der Waals surface area (Å²) in [6.45, 7) is 9.43. The lowest BCUT2D eigenvalue weighted by Gasteiger charge is -2.26. The standard InChI is InChI=1S/C18H33N3O8/c1-17(2,3)28-13(22)7-11(16(27)29-18(4,5)6)21-9-12(15(25)26)20-8-10(19)14(23)24/h10-12,20-21H,7-9,19H2,1-6H3,(H,23,24)(H,25,26)/t10-,11-,12-/m0/s1. The number of nitrogens with one attached hydrogen (secondary N) is 2. The smallest absolute Gasteiger partial charge is 0.324 e. The van der Waals surface area contributed by atoms with Crippen LogP contribution in [0, 0.1) is 0 Å². The molecule has 0 bridgehead atoms. The van der Waals surface area contributed by atoms with E-state index < -0.39 is 53.2 Å². The van der Waals surface area contributed by atoms with Gasteiger partial charge < -0.3 is 36.1 Å². The first-order valence-corrected chi connectivity index (χ1v) is 9.14. The fraction of sp³-hybridized carbons (Fsp3) is 0.778. The van der Waals surface area contributed by atoms with Crippen LogP contribution in [0.3, 0.4) is 0 Å². The van der Waals surface area contributed by atoms with Crippen LogP contribution in [-0.4, -0.2) is 76.5 Å². The summed E-state index contributed by atoms with van der Waals surface area (Å²) in [7, 11) is 0. The molecule has 168 valence electrons. The highest BCUT2D eigenvalue weighted by Gasteiger charge is 2.31. The van der Waals surface area contributed by atoms with E-state index in [1.165, 1.54) is 0 Å². The molecule has 29 heavy (non-hydrogen) atoms. The van der Waals surface area contributed by atoms with E-state index in [-0.39, 0.29) is 19.5 Å². The van der Waals surface area contributed by atoms with Crippen molar-refractivity contribution in [1.29, 1.82) is 0 Å². The van der Waals surface area contributed by atoms with Crippen LogP contribution in [-0.2, 0) is 28.7 Å². The molecule has 0 amide bonds. The van der Waals surface area contributed by atoms with E-state index in [0.717, 1.165) is 0 Å². The van der Waals surface area contributed by atoms with Crippen LogP contribution in [0.2, 0.25) is 0 Å². The van der Waals surface area contributed by atoms with Crippen molar-refractivity contribution in [3.05, 3.63) is 0 Å². The van der Waals surface area contributed by atoms with Crippen LogP contribution in [0.1, 0.15) is 48.0 Å². The van der Waals surface area contributed by atoms with Gasteiger partial charge in [-0.3, -0.25) is 19.2 Å². The van der Waals surface area contributed by atoms with Crippen molar-refractivity contribution in [1.82, 2.24) is 10.6 Å². The Balaban J connectivity index is 5.15. The van der Waals surface area contributed by atoms with Crippen LogP contribution in [0.4, 0.5) is 0 Å². The van der Waals surface area contributed by atoms with Gasteiger partial charge in [-0.05, 0) is 41.5 Å². The topological polar surface area (TPSA) is 177 Å². The Bertz CT molecular complexity index is 595. The molecule has 0 aromatic heterocycles. The number of hydrogen-bond acceptors (Lipinski definition) is 9. The maximum atomic E-state index is 12.4. The van der Waals surface area contributed by atoms with Crippen molar-refractivity contribution < 1.29 is 38.9 Å². The van der Waals surface area contributed by atoms with Gasteiger partial charge in [-0.2, -0.15) is 0 Å². The molecule has 11 nitrogen and oxygen atoms in total. The first kappa shape index (κ1) is 26.8. The Morgan fingerprint density at radius 2 is 1.31 bits per heavy atom. The molecule has 0 saturated heterocycles. The molecule has 0 rings (SSSR count). The van der Waals surface area contributed by atoms with E-state index in [2.05, 4.69) is 10.6 Å². The van der Waals surface area contributed by atoms with Crippen molar-refractivity contribution in [2.75, 3.05) is 13.1 Å². The SMILES string of the molecule is CC(C)(C)OC(=O)C[C@H](NC[C@H](NC[C@H](N)C(=O)O)C(=O)O)C(=O)OC(C)(C)C. The van der Waals surface area contributed by atoms with Gasteiger partial charge in [-0.15, -0.1) is 0 Å². The third kappa shape index (κ3) is 12.8. The van der Waals surface area contributed by atoms with E-state index >= 15 is 0 Å². The molecule has 0 unspecified atom stereocenters. The number of ether oxygens (including phenoxy) is 2. The highest BCUT2D eigenvalue weighted by molar-refractivity contribution is 5.83. The van der Waals surface area contributed by atoms with Crippen LogP contribution in [0.15, 0.2) is 0 Å². The van der Waals surface area contributed by atoms with Crippen molar-refractivity contribution in [2.24, 2.45) is 5.73 Å². The Morgan fingerprint density at radius 3 is 1.72 bits per heavy atom. The van der Waals surface area contributed by atoms with Crippen LogP contribution < -0.4 is 16.4 Å². The zero-order chi connectivity index (χ0) is 23.0. The number of nitrogens with two attached hydrogens (primary N) is 1. The number of esters is 2. The Labute approximate surface area is 170 Å². The minimum atomic E-state index is -1.29. The predicted molar refractivity (Wildman–Crippen MR) is 103 cm³/mol. The van der Waals surface area contributed by atoms with E-state index in [0.29, 0.717) is 0 Å². The fourth-order valence-electron chi connectivity index (χ4n) is 2.03. The van der Waals surface area contributed by atoms with Gasteiger partial charge in [0.05, 0.1) is 6.42 Å². The third-order valence-electron chi connectivity index (χ3n) is 3.25. The second-order valence-electron chi connectivity index (χ2n) is 8.53. The molecule has 0 fully saturated rings. The molecular weight excluding hydrogens is 386 g/mol. The van der Waals surface area contributed by atoms with E-state index in [1.807, 2.05) is 0 Å². The van der Waals surface area contributed by atoms with Crippen LogP contribution in [0.25, 0.3) is 0 Å². The summed E-state index contributed by atoms with van der Waals surface area (Å²) in [6, 6.07) is -3.69. The lowest BCUT2D eigenvalue weighted by Crippen LogP contribution is -2.53. The average molecular weight is 419 g/mol. The summed E-state index contributed by atoms with van der Waals surface area (Å²) < 4.78 is 10.5. The second kappa shape index (κ2) is 11.1. The Morgan fingerprint density at radius 1 is 0.828 bits per heavy atom. The molecule has 0 heterocycles. The maximum Gasteiger partial charge on any atom is 0.324 e. The molecule has 3 atom stereocenters. The van der Waals surface area contributed by atoms with E-state index in [1.54, 1.807) is 41.5 Å². The quantitative estimate of drug-likeness (QED) is 0.272. The summed E-state index contributed by atoms with van der Waals surface area (Å²) in [5.41, 5.74) is 3.78. The summed E-state index contributed by atoms with van der Waals surface area (Å²) in [5.74, 6) is -3.97. The summed E-state index contributed by atoms with van der Waals surface area (Å²) >= 11 is 0. The van der Waals surface area contributed by atoms with Gasteiger partial charge >= 0.3 is 23.9 Å². The number of carboxylic acid groups (broad SMARTS) is 2. The van der Waals surface area contributed by atoms with Crippen molar-refractivity contribution >= 4 is 23.9 Å². The molecule has 0 aliphatic rings. The van der Waals surface area contributed by atoms with E-state index in [9.17, 15) is 24.3 Å². The molecule has 0 radical (unpaired) electrons. The molecule has 0 aliphatic carbocycles. The summed E-state index contributed by atoms with van der Waals surface area (Å²) in [6.07, 6.45) is -0.368. The Hall–Kier alpha value is -2.24. The van der Waals surface area contributed by atoms with Gasteiger partial charge in [0.15, 0.2) is 0 Å². The first-order chi connectivity index (χ1) is 13.0. The molecule has 0 aromatic carbocycles. The highest BCUT2D eigenvalue weighted by Crippen LogP contribution is 2.13. The van der Waals surface area contributed by atoms with Gasteiger partial charge in [0.2, 0.25) is 0 Å². The molecule has 0 spiro atoms. The highest BCUT2D eigenvalue weighted by atomic mass is 16.6. The van der Waals surface area contributed by atoms with Crippen molar-refractivity contribution in [2.45, 2.75) is 77.3 Å². The molecule has 0 aromatic rings. The predicted octanol–water partition coefficient (Wildman–Crippen LogP) is -0.527. The zero-order valence-electron chi connectivity index (χ0n) is 17.8. The number of carboxylic acids is 2. The first-order valence-electron chi connectivity index (χ1n) is 9.14. The fourth-order valence-corrected chi connectivity index (χ4v) is 2.03. The summed E-state index contributed by atoms with van der Waals surface area (Å²) in [5, 5.41) is 23.3. The molecule has 6 N–H and O–H groups in total. The minimum Gasteiger partial charge on any atom is -0.480 e. The van der Waals surface area contributed by atoms with Gasteiger partial charge in [0.1, 0.15) is 29.3 Å². The monoisotopic (exact) mass is 419 g/mol. The van der Waals surface area contributed by atoms with Crippen molar-refractivity contribution in [3.63, 3.8) is 0 Å². The number of rotatable bonds is 11. The zero-order valence-corrected chi connectivity index (χ0v) is 17.8. The average Bonchev–Trinajstić information content (AvgIpc) is 2.49. The van der Waals surface area contributed by atoms with Gasteiger partial charge in [-0.1, -0.05) is 0 Å². The second-order valence-corrected chi connectivity index (χ2v) is 8.53. The summed E-state index contributed by atoms with van der Waals surface area (Å²) in [4.78, 5) is 46.7. The molecule has 0 aliphatic heterocycles. The van der Waals surface area contributed by atoms with Gasteiger partial charge in [-0.25, -0.2) is 0 Å². The number of aliphatic carboxylic acids is 2. The third-order valence-corrected chi connectivity index (χ3v) is 3.25. The van der Waals surface area contributed by atoms with Gasteiger partial charge in [0, 0.05) is 13.1 Å². The Kier molecular flexibility index (Phi) is 10.2. The minimum absolute atomic E-state index is 0.283. The normalized spacial score (nSPS) is 15.1. The van der Waals surface area contributed by atoms with Crippen LogP contribution >= 0.6 is 0 Å².